The van der Waals surface area contributed by atoms with E-state index in [0.717, 1.165) is 12.0 Å². The highest BCUT2D eigenvalue weighted by molar-refractivity contribution is 5.91. The van der Waals surface area contributed by atoms with E-state index < -0.39 is 12.1 Å². The highest BCUT2D eigenvalue weighted by Gasteiger charge is 2.13. The average molecular weight is 456 g/mol. The van der Waals surface area contributed by atoms with Gasteiger partial charge < -0.3 is 34.4 Å². The predicted octanol–water partition coefficient (Wildman–Crippen LogP) is 2.04. The number of hydrogen-bond acceptors (Lipinski definition) is 8. The number of rotatable bonds is 11. The highest BCUT2D eigenvalue weighted by Crippen LogP contribution is 2.31. The second-order valence-corrected chi connectivity index (χ2v) is 7.38. The maximum Gasteiger partial charge on any atom is 0.308 e. The van der Waals surface area contributed by atoms with E-state index in [1.165, 1.54) is 13.0 Å². The van der Waals surface area contributed by atoms with Crippen molar-refractivity contribution in [1.29, 1.82) is 0 Å². The van der Waals surface area contributed by atoms with Gasteiger partial charge in [-0.3, -0.25) is 9.59 Å². The number of pyridine rings is 1. The normalized spacial score (nSPS) is 11.8. The van der Waals surface area contributed by atoms with Crippen LogP contribution in [0.2, 0.25) is 0 Å². The van der Waals surface area contributed by atoms with Gasteiger partial charge in [0.15, 0.2) is 17.2 Å². The zero-order chi connectivity index (χ0) is 23.8. The maximum atomic E-state index is 11.7. The van der Waals surface area contributed by atoms with E-state index in [0.29, 0.717) is 41.2 Å². The Morgan fingerprint density at radius 1 is 1.03 bits per heavy atom. The molecule has 176 valence electrons. The Morgan fingerprint density at radius 2 is 1.76 bits per heavy atom. The van der Waals surface area contributed by atoms with Gasteiger partial charge in [-0.25, -0.2) is 0 Å². The zero-order valence-corrected chi connectivity index (χ0v) is 18.8. The molecule has 3 aromatic rings. The summed E-state index contributed by atoms with van der Waals surface area (Å²) in [6.07, 6.45) is 0.00478. The Morgan fingerprint density at radius 3 is 2.48 bits per heavy atom. The van der Waals surface area contributed by atoms with Gasteiger partial charge in [0.2, 0.25) is 5.56 Å². The number of ether oxygens (including phenoxy) is 4. The Balaban J connectivity index is 1.53. The van der Waals surface area contributed by atoms with Crippen molar-refractivity contribution in [2.24, 2.45) is 0 Å². The van der Waals surface area contributed by atoms with Gasteiger partial charge in [0.25, 0.3) is 0 Å². The summed E-state index contributed by atoms with van der Waals surface area (Å²) in [5.41, 5.74) is 1.11. The highest BCUT2D eigenvalue weighted by atomic mass is 16.5. The minimum Gasteiger partial charge on any atom is -0.493 e. The summed E-state index contributed by atoms with van der Waals surface area (Å²) in [5, 5.41) is 14.1. The second-order valence-electron chi connectivity index (χ2n) is 7.38. The van der Waals surface area contributed by atoms with E-state index in [1.807, 2.05) is 18.2 Å². The number of carbonyl (C=O) groups is 1. The molecule has 0 aliphatic rings. The van der Waals surface area contributed by atoms with Crippen LogP contribution in [0.5, 0.6) is 23.0 Å². The average Bonchev–Trinajstić information content (AvgIpc) is 2.80. The summed E-state index contributed by atoms with van der Waals surface area (Å²) in [7, 11) is 3.19. The van der Waals surface area contributed by atoms with Crippen LogP contribution >= 0.6 is 0 Å². The summed E-state index contributed by atoms with van der Waals surface area (Å²) in [5.74, 6) is 1.56. The lowest BCUT2D eigenvalue weighted by atomic mass is 10.1. The third-order valence-electron chi connectivity index (χ3n) is 4.92. The van der Waals surface area contributed by atoms with Crippen LogP contribution in [0, 0.1) is 0 Å². The lowest BCUT2D eigenvalue weighted by Gasteiger charge is -2.16. The molecule has 0 saturated carbocycles. The van der Waals surface area contributed by atoms with E-state index in [1.54, 1.807) is 32.4 Å². The molecule has 2 aromatic carbocycles. The minimum atomic E-state index is -0.749. The number of esters is 1. The number of aromatic nitrogens is 1. The molecule has 0 bridgehead atoms. The van der Waals surface area contributed by atoms with Crippen LogP contribution in [-0.4, -0.2) is 56.1 Å². The van der Waals surface area contributed by atoms with Crippen molar-refractivity contribution in [2.45, 2.75) is 19.4 Å². The number of aromatic amines is 1. The maximum absolute atomic E-state index is 11.7. The van der Waals surface area contributed by atoms with E-state index >= 15 is 0 Å². The molecule has 0 fully saturated rings. The summed E-state index contributed by atoms with van der Waals surface area (Å²) in [4.78, 5) is 25.7. The number of carbonyl (C=O) groups excluding carboxylic acids is 1. The van der Waals surface area contributed by atoms with Gasteiger partial charge in [0.05, 0.1) is 19.7 Å². The first-order chi connectivity index (χ1) is 15.9. The summed E-state index contributed by atoms with van der Waals surface area (Å²) in [6, 6.07) is 11.9. The van der Waals surface area contributed by atoms with Crippen LogP contribution in [-0.2, 0) is 11.2 Å². The number of hydrogen-bond donors (Lipinski definition) is 3. The molecule has 0 aliphatic carbocycles. The lowest BCUT2D eigenvalue weighted by molar-refractivity contribution is -0.131. The van der Waals surface area contributed by atoms with Crippen molar-refractivity contribution in [3.8, 4) is 23.0 Å². The predicted molar refractivity (Wildman–Crippen MR) is 123 cm³/mol. The van der Waals surface area contributed by atoms with Gasteiger partial charge in [-0.1, -0.05) is 6.07 Å². The summed E-state index contributed by atoms with van der Waals surface area (Å²) in [6.45, 7) is 2.33. The molecule has 1 aromatic heterocycles. The third kappa shape index (κ3) is 6.47. The topological polar surface area (TPSA) is 119 Å². The molecule has 3 rings (SSSR count). The fraction of sp³-hybridized carbons (Fsp3) is 0.333. The monoisotopic (exact) mass is 456 g/mol. The fourth-order valence-electron chi connectivity index (χ4n) is 3.35. The standard InChI is InChI=1S/C24H28N2O7/c1-15(27)33-21-8-7-19(18-5-9-23(29)26-24(18)21)32-14-17(28)13-25-11-10-16-4-6-20(30-2)22(12-16)31-3/h4-9,12,17,25,28H,10-11,13-14H2,1-3H3,(H,26,29). The fourth-order valence-corrected chi connectivity index (χ4v) is 3.35. The Bertz CT molecular complexity index is 1160. The number of aliphatic hydroxyl groups excluding tert-OH is 1. The van der Waals surface area contributed by atoms with Crippen LogP contribution < -0.4 is 29.8 Å². The van der Waals surface area contributed by atoms with Crippen molar-refractivity contribution >= 4 is 16.9 Å². The lowest BCUT2D eigenvalue weighted by Crippen LogP contribution is -2.32. The largest absolute Gasteiger partial charge is 0.493 e. The van der Waals surface area contributed by atoms with Crippen molar-refractivity contribution in [3.05, 3.63) is 58.4 Å². The van der Waals surface area contributed by atoms with Gasteiger partial charge in [0.1, 0.15) is 18.5 Å². The van der Waals surface area contributed by atoms with Gasteiger partial charge in [-0.15, -0.1) is 0 Å². The van der Waals surface area contributed by atoms with E-state index in [2.05, 4.69) is 10.3 Å². The van der Waals surface area contributed by atoms with E-state index in [-0.39, 0.29) is 17.9 Å². The van der Waals surface area contributed by atoms with Gasteiger partial charge in [-0.2, -0.15) is 0 Å². The zero-order valence-electron chi connectivity index (χ0n) is 18.8. The van der Waals surface area contributed by atoms with Crippen LogP contribution in [0.25, 0.3) is 10.9 Å². The summed E-state index contributed by atoms with van der Waals surface area (Å²) < 4.78 is 21.5. The minimum absolute atomic E-state index is 0.0461. The van der Waals surface area contributed by atoms with Gasteiger partial charge in [0, 0.05) is 24.9 Å². The van der Waals surface area contributed by atoms with Crippen molar-refractivity contribution in [2.75, 3.05) is 33.9 Å². The molecule has 0 spiro atoms. The number of nitrogens with one attached hydrogen (secondary N) is 2. The molecule has 3 N–H and O–H groups in total. The number of aliphatic hydroxyl groups is 1. The molecular weight excluding hydrogens is 428 g/mol. The number of benzene rings is 2. The number of H-pyrrole nitrogens is 1. The van der Waals surface area contributed by atoms with Crippen LogP contribution in [0.4, 0.5) is 0 Å². The Labute approximate surface area is 191 Å². The quantitative estimate of drug-likeness (QED) is 0.228. The smallest absolute Gasteiger partial charge is 0.308 e. The third-order valence-corrected chi connectivity index (χ3v) is 4.92. The molecule has 1 atom stereocenters. The van der Waals surface area contributed by atoms with Gasteiger partial charge >= 0.3 is 5.97 Å². The van der Waals surface area contributed by atoms with E-state index in [9.17, 15) is 14.7 Å². The molecule has 0 amide bonds. The van der Waals surface area contributed by atoms with Crippen molar-refractivity contribution in [3.63, 3.8) is 0 Å². The van der Waals surface area contributed by atoms with Crippen LogP contribution in [0.3, 0.4) is 0 Å². The molecular formula is C24H28N2O7. The Kier molecular flexibility index (Phi) is 8.28. The van der Waals surface area contributed by atoms with E-state index in [4.69, 9.17) is 18.9 Å². The number of fused-ring (bicyclic) bond motifs is 1. The van der Waals surface area contributed by atoms with Crippen molar-refractivity contribution < 1.29 is 28.8 Å². The molecule has 33 heavy (non-hydrogen) atoms. The molecule has 1 unspecified atom stereocenters. The second kappa shape index (κ2) is 11.3. The SMILES string of the molecule is COc1ccc(CCNCC(O)COc2ccc(OC(C)=O)c3[nH]c(=O)ccc23)cc1OC. The van der Waals surface area contributed by atoms with Crippen molar-refractivity contribution in [1.82, 2.24) is 10.3 Å². The molecule has 0 radical (unpaired) electrons. The molecule has 1 heterocycles. The summed E-state index contributed by atoms with van der Waals surface area (Å²) >= 11 is 0. The van der Waals surface area contributed by atoms with Crippen LogP contribution in [0.15, 0.2) is 47.3 Å². The molecule has 0 saturated heterocycles. The first-order valence-corrected chi connectivity index (χ1v) is 10.5. The molecule has 0 aliphatic heterocycles. The number of methoxy groups -OCH3 is 2. The first kappa shape index (κ1) is 24.1. The Hall–Kier alpha value is -3.56. The molecule has 9 nitrogen and oxygen atoms in total. The van der Waals surface area contributed by atoms with Gasteiger partial charge in [-0.05, 0) is 48.9 Å². The van der Waals surface area contributed by atoms with Crippen LogP contribution in [0.1, 0.15) is 12.5 Å². The first-order valence-electron chi connectivity index (χ1n) is 10.5. The molecule has 9 heteroatoms.